The quantitative estimate of drug-likeness (QED) is 0.0179. The van der Waals surface area contributed by atoms with Gasteiger partial charge in [0.05, 0.1) is 30.0 Å². The minimum absolute atomic E-state index is 0.00465. The number of likely N-dealkylation sites (N-methyl/N-ethyl adjacent to an activating group) is 1. The normalized spacial score (nSPS) is 15.6. The van der Waals surface area contributed by atoms with E-state index in [1.807, 2.05) is 16.7 Å². The van der Waals surface area contributed by atoms with Crippen LogP contribution in [-0.2, 0) is 47.6 Å². The molecule has 5 rings (SSSR count). The van der Waals surface area contributed by atoms with Crippen LogP contribution in [-0.4, -0.2) is 237 Å². The molecule has 1 unspecified atom stereocenters. The second-order valence-electron chi connectivity index (χ2n) is 20.9. The van der Waals surface area contributed by atoms with Crippen LogP contribution in [0.15, 0.2) is 58.6 Å². The number of anilines is 1. The van der Waals surface area contributed by atoms with Crippen LogP contribution >= 0.6 is 0 Å². The number of nitrogens with one attached hydrogen (secondary N) is 8. The van der Waals surface area contributed by atoms with Crippen molar-refractivity contribution in [3.8, 4) is 5.75 Å². The predicted octanol–water partition coefficient (Wildman–Crippen LogP) is -3.34. The van der Waals surface area contributed by atoms with Crippen molar-refractivity contribution < 1.29 is 72.6 Å². The monoisotopic (exact) mass is 1230 g/mol. The number of rotatable bonds is 30. The number of amides is 5. The Morgan fingerprint density at radius 1 is 0.826 bits per heavy atom. The minimum Gasteiger partial charge on any atom is -0.494 e. The van der Waals surface area contributed by atoms with Gasteiger partial charge in [-0.1, -0.05) is 19.9 Å². The molecule has 86 heavy (non-hydrogen) atoms. The van der Waals surface area contributed by atoms with Crippen LogP contribution in [0.25, 0.3) is 10.9 Å². The Bertz CT molecular complexity index is 3080. The Labute approximate surface area is 498 Å². The van der Waals surface area contributed by atoms with E-state index in [0.29, 0.717) is 70.4 Å². The lowest BCUT2D eigenvalue weighted by atomic mass is 10.1. The van der Waals surface area contributed by atoms with Crippen molar-refractivity contribution in [2.75, 3.05) is 104 Å². The van der Waals surface area contributed by atoms with Crippen molar-refractivity contribution in [2.24, 2.45) is 7.05 Å². The standard InChI is InChI=1S/C55H82N14O16S/c1-7-41(62-46(71)33-68-20-18-65(5)17-19-67(8-2)21-22-69(24-23-68)34-47(72)73)52(77)63-42(29-55(80,81)82)51(76)57-14-13-56-45(70)10-9-25-85-38-26-35(3)49(36(4)27-38)86(83,84)64-43(53(78)79)31-60-50(75)40-32-66(6)44-28-37(11-12-39(44)48(40)74)30-61-54-58-15-16-59-54/h5,11-12,15-16,26-28,32,41-43,47,64,72-73,80-82H,7-10,13-14,17-25,29-31,33-34H2,1-4,6H3,(H,56,70)(H,57,76)(H,60,75)(H,62,71)(H,63,77)(H,78,79)(H2,58,59,61)/t41-,42-,43?/m0/s1. The molecule has 14 N–H and O–H groups in total. The van der Waals surface area contributed by atoms with Gasteiger partial charge in [0, 0.05) is 130 Å². The number of ether oxygens (including phenoxy) is 1. The fourth-order valence-electron chi connectivity index (χ4n) is 9.49. The fraction of sp³-hybridized carbons (Fsp3) is 0.545. The zero-order chi connectivity index (χ0) is 63.3. The molecule has 0 aliphatic carbocycles. The van der Waals surface area contributed by atoms with E-state index in [0.717, 1.165) is 12.1 Å². The van der Waals surface area contributed by atoms with Gasteiger partial charge in [0.2, 0.25) is 39.1 Å². The topological polar surface area (TPSA) is 415 Å². The fourth-order valence-corrected chi connectivity index (χ4v) is 11.1. The number of carbonyl (C=O) groups is 6. The first-order valence-corrected chi connectivity index (χ1v) is 29.6. The number of pyridine rings is 1. The number of benzene rings is 2. The Morgan fingerprint density at radius 2 is 1.48 bits per heavy atom. The molecule has 2 aromatic heterocycles. The summed E-state index contributed by atoms with van der Waals surface area (Å²) in [7, 11) is 3.34. The van der Waals surface area contributed by atoms with E-state index in [1.54, 1.807) is 54.0 Å². The van der Waals surface area contributed by atoms with E-state index < -0.39 is 94.3 Å². The molecule has 0 spiro atoms. The van der Waals surface area contributed by atoms with Gasteiger partial charge in [-0.2, -0.15) is 4.72 Å². The number of aliphatic hydroxyl groups is 5. The highest BCUT2D eigenvalue weighted by atomic mass is 32.2. The second-order valence-corrected chi connectivity index (χ2v) is 22.6. The first-order valence-electron chi connectivity index (χ1n) is 28.1. The maximum absolute atomic E-state index is 13.7. The molecule has 5 amide bonds. The molecule has 4 aromatic rings. The van der Waals surface area contributed by atoms with Gasteiger partial charge in [0.1, 0.15) is 29.4 Å². The molecule has 0 saturated carbocycles. The van der Waals surface area contributed by atoms with Crippen molar-refractivity contribution in [1.82, 2.24) is 65.4 Å². The number of imidazole rings is 1. The molecule has 0 bridgehead atoms. The molecule has 1 aliphatic rings. The largest absolute Gasteiger partial charge is 0.494 e. The maximum Gasteiger partial charge on any atom is 0.323 e. The van der Waals surface area contributed by atoms with Crippen molar-refractivity contribution in [3.05, 3.63) is 88.4 Å². The third-order valence-corrected chi connectivity index (χ3v) is 15.8. The van der Waals surface area contributed by atoms with Crippen LogP contribution in [0.4, 0.5) is 5.95 Å². The summed E-state index contributed by atoms with van der Waals surface area (Å²) in [6, 6.07) is 3.16. The van der Waals surface area contributed by atoms with Crippen LogP contribution in [0.3, 0.4) is 0 Å². The SMILES string of the molecule is [CH]N1CCN(CC)CCN(CC(O)O)CCN(CC(=O)N[C@@H](CC)C(=O)N[C@@H](CC(O)(O)O)C(=O)NCCNC(=O)CCCOc2cc(C)c(S(=O)(=O)NC(CNC(=O)c3cn(C)c4cc(CNc5ncc[nH]5)ccc4c3=O)C(=O)O)c(C)c2)CC1. The zero-order valence-corrected chi connectivity index (χ0v) is 49.8. The molecular weight excluding hydrogens is 1140 g/mol. The van der Waals surface area contributed by atoms with Gasteiger partial charge < -0.3 is 81.7 Å². The summed E-state index contributed by atoms with van der Waals surface area (Å²) in [5.41, 5.74) is 0.840. The average molecular weight is 1230 g/mol. The molecule has 474 valence electrons. The number of H-pyrrole nitrogens is 1. The molecule has 30 nitrogen and oxygen atoms in total. The number of hydrogen-bond acceptors (Lipinski definition) is 21. The van der Waals surface area contributed by atoms with Crippen LogP contribution in [0.2, 0.25) is 0 Å². The number of carboxylic acid groups (broad SMARTS) is 1. The lowest BCUT2D eigenvalue weighted by molar-refractivity contribution is -0.316. The summed E-state index contributed by atoms with van der Waals surface area (Å²) in [5, 5.41) is 74.5. The molecule has 3 atom stereocenters. The predicted molar refractivity (Wildman–Crippen MR) is 313 cm³/mol. The van der Waals surface area contributed by atoms with Crippen molar-refractivity contribution in [2.45, 2.75) is 95.2 Å². The number of nitrogens with zero attached hydrogens (tertiary/aromatic N) is 6. The van der Waals surface area contributed by atoms with Crippen molar-refractivity contribution in [3.63, 3.8) is 0 Å². The third kappa shape index (κ3) is 22.3. The Hall–Kier alpha value is -7.17. The molecule has 1 aliphatic heterocycles. The maximum atomic E-state index is 13.7. The number of aryl methyl sites for hydroxylation is 3. The Morgan fingerprint density at radius 3 is 2.10 bits per heavy atom. The number of carboxylic acids is 1. The number of hydrogen-bond donors (Lipinski definition) is 14. The van der Waals surface area contributed by atoms with E-state index in [-0.39, 0.29) is 84.8 Å². The summed E-state index contributed by atoms with van der Waals surface area (Å²) in [6.07, 6.45) is 2.15. The lowest BCUT2D eigenvalue weighted by Crippen LogP contribution is -2.57. The molecule has 2 aromatic carbocycles. The van der Waals surface area contributed by atoms with Crippen LogP contribution in [0.1, 0.15) is 66.6 Å². The van der Waals surface area contributed by atoms with Crippen LogP contribution in [0.5, 0.6) is 5.75 Å². The number of β-amino-alcohol motifs (C(OH)–C–C–N with tert-alkyl or cyclic N) is 2. The van der Waals surface area contributed by atoms with Gasteiger partial charge in [0.15, 0.2) is 12.2 Å². The van der Waals surface area contributed by atoms with E-state index in [1.165, 1.54) is 32.2 Å². The van der Waals surface area contributed by atoms with Crippen molar-refractivity contribution in [1.29, 1.82) is 0 Å². The molecule has 3 heterocycles. The Balaban J connectivity index is 1.06. The number of aromatic nitrogens is 3. The van der Waals surface area contributed by atoms with Gasteiger partial charge in [-0.25, -0.2) is 13.4 Å². The highest BCUT2D eigenvalue weighted by molar-refractivity contribution is 7.89. The van der Waals surface area contributed by atoms with Crippen molar-refractivity contribution >= 4 is 62.4 Å². The molecule has 1 saturated heterocycles. The van der Waals surface area contributed by atoms with E-state index in [9.17, 15) is 72.6 Å². The highest BCUT2D eigenvalue weighted by Crippen LogP contribution is 2.26. The van der Waals surface area contributed by atoms with Gasteiger partial charge in [-0.3, -0.25) is 48.3 Å². The van der Waals surface area contributed by atoms with E-state index in [2.05, 4.69) is 51.5 Å². The average Bonchev–Trinajstić information content (AvgIpc) is 2.61. The number of fused-ring (bicyclic) bond motifs is 1. The van der Waals surface area contributed by atoms with Gasteiger partial charge in [-0.05, 0) is 74.2 Å². The van der Waals surface area contributed by atoms with E-state index >= 15 is 0 Å². The number of aliphatic hydroxyl groups excluding tert-OH is 1. The van der Waals surface area contributed by atoms with Gasteiger partial charge in [0.25, 0.3) is 11.9 Å². The number of aromatic amines is 1. The number of sulfonamides is 1. The second kappa shape index (κ2) is 33.1. The molecule has 31 heteroatoms. The summed E-state index contributed by atoms with van der Waals surface area (Å²) in [5.74, 6) is -7.89. The number of carbonyl (C=O) groups excluding carboxylic acids is 5. The van der Waals surface area contributed by atoms with Crippen LogP contribution < -0.4 is 46.8 Å². The number of aliphatic carboxylic acids is 1. The zero-order valence-electron chi connectivity index (χ0n) is 49.0. The highest BCUT2D eigenvalue weighted by Gasteiger charge is 2.34. The smallest absolute Gasteiger partial charge is 0.323 e. The van der Waals surface area contributed by atoms with Gasteiger partial charge in [-0.15, -0.1) is 0 Å². The third-order valence-electron chi connectivity index (χ3n) is 14.1. The first-order chi connectivity index (χ1) is 40.7. The van der Waals surface area contributed by atoms with Gasteiger partial charge >= 0.3 is 5.97 Å². The van der Waals surface area contributed by atoms with E-state index in [4.69, 9.17) is 11.8 Å². The Kier molecular flexibility index (Phi) is 26.8. The summed E-state index contributed by atoms with van der Waals surface area (Å²) in [4.78, 5) is 106. The summed E-state index contributed by atoms with van der Waals surface area (Å²) >= 11 is 0. The van der Waals surface area contributed by atoms with Crippen LogP contribution in [0, 0.1) is 20.9 Å². The minimum atomic E-state index is -4.53. The first kappa shape index (κ1) is 69.6. The summed E-state index contributed by atoms with van der Waals surface area (Å²) in [6.45, 7) is 10.6. The lowest BCUT2D eigenvalue weighted by Gasteiger charge is -2.33. The molecule has 2 radical (unpaired) electrons. The summed E-state index contributed by atoms with van der Waals surface area (Å²) < 4.78 is 36.9. The molecule has 1 fully saturated rings. The molecular formula is C55H82N14O16S.